The summed E-state index contributed by atoms with van der Waals surface area (Å²) in [6, 6.07) is 5.68. The summed E-state index contributed by atoms with van der Waals surface area (Å²) < 4.78 is 11.2. The minimum atomic E-state index is -0.863. The van der Waals surface area contributed by atoms with Crippen LogP contribution in [-0.2, 0) is 0 Å². The zero-order valence-corrected chi connectivity index (χ0v) is 13.5. The molecular weight excluding hydrogens is 280 g/mol. The van der Waals surface area contributed by atoms with Crippen LogP contribution in [0.1, 0.15) is 38.7 Å². The summed E-state index contributed by atoms with van der Waals surface area (Å²) in [4.78, 5) is 4.26. The average molecular weight is 304 g/mol. The monoisotopic (exact) mass is 304 g/mol. The van der Waals surface area contributed by atoms with Gasteiger partial charge in [-0.1, -0.05) is 20.8 Å². The third kappa shape index (κ3) is 3.33. The quantitative estimate of drug-likeness (QED) is 0.773. The Balaban J connectivity index is 2.27. The largest absolute Gasteiger partial charge is 0.497 e. The number of methoxy groups -OCH3 is 1. The van der Waals surface area contributed by atoms with Crippen molar-refractivity contribution < 1.29 is 9.47 Å². The van der Waals surface area contributed by atoms with Gasteiger partial charge in [0.2, 0.25) is 0 Å². The van der Waals surface area contributed by atoms with Crippen LogP contribution in [0.3, 0.4) is 0 Å². The number of benzene rings is 1. The summed E-state index contributed by atoms with van der Waals surface area (Å²) in [5, 5.41) is 3.02. The van der Waals surface area contributed by atoms with E-state index in [0.717, 1.165) is 17.1 Å². The van der Waals surface area contributed by atoms with E-state index in [9.17, 15) is 0 Å². The predicted octanol–water partition coefficient (Wildman–Crippen LogP) is 2.02. The van der Waals surface area contributed by atoms with E-state index in [-0.39, 0.29) is 11.8 Å². The Hall–Kier alpha value is -2.21. The van der Waals surface area contributed by atoms with Gasteiger partial charge in [0.05, 0.1) is 7.11 Å². The van der Waals surface area contributed by atoms with Gasteiger partial charge in [-0.15, -0.1) is 0 Å². The minimum Gasteiger partial charge on any atom is -0.497 e. The first kappa shape index (κ1) is 16.2. The van der Waals surface area contributed by atoms with Gasteiger partial charge in [-0.2, -0.15) is 0 Å². The molecule has 0 aliphatic carbocycles. The highest BCUT2D eigenvalue weighted by Crippen LogP contribution is 2.31. The Bertz CT molecular complexity index is 610. The molecule has 0 fully saturated rings. The van der Waals surface area contributed by atoms with Crippen LogP contribution in [-0.4, -0.2) is 18.7 Å². The third-order valence-electron chi connectivity index (χ3n) is 3.62. The maximum atomic E-state index is 6.03. The minimum absolute atomic E-state index is 0.282. The van der Waals surface area contributed by atoms with E-state index in [1.165, 1.54) is 0 Å². The number of rotatable bonds is 5. The first-order valence-electron chi connectivity index (χ1n) is 7.36. The van der Waals surface area contributed by atoms with Gasteiger partial charge in [0.15, 0.2) is 17.4 Å². The van der Waals surface area contributed by atoms with Gasteiger partial charge in [-0.25, -0.2) is 4.99 Å². The smallest absolute Gasteiger partial charge is 0.184 e. The van der Waals surface area contributed by atoms with E-state index in [2.05, 4.69) is 24.2 Å². The molecule has 0 spiro atoms. The summed E-state index contributed by atoms with van der Waals surface area (Å²) in [7, 11) is 1.64. The van der Waals surface area contributed by atoms with E-state index < -0.39 is 5.79 Å². The SMILES string of the molecule is CCC1(N)N=C(N)C(Oc2ccc(OC)cc2C(C)C)=CN1. The highest BCUT2D eigenvalue weighted by atomic mass is 16.5. The Morgan fingerprint density at radius 1 is 1.36 bits per heavy atom. The van der Waals surface area contributed by atoms with E-state index >= 15 is 0 Å². The maximum Gasteiger partial charge on any atom is 0.184 e. The second-order valence-electron chi connectivity index (χ2n) is 5.59. The van der Waals surface area contributed by atoms with Gasteiger partial charge in [0.25, 0.3) is 0 Å². The van der Waals surface area contributed by atoms with Crippen molar-refractivity contribution in [1.29, 1.82) is 0 Å². The molecule has 0 aromatic heterocycles. The number of hydrogen-bond acceptors (Lipinski definition) is 6. The van der Waals surface area contributed by atoms with Crippen molar-refractivity contribution in [3.05, 3.63) is 35.7 Å². The molecule has 5 N–H and O–H groups in total. The molecule has 1 aromatic carbocycles. The molecule has 0 radical (unpaired) electrons. The second kappa shape index (κ2) is 6.27. The molecule has 1 aliphatic heterocycles. The lowest BCUT2D eigenvalue weighted by Gasteiger charge is -2.29. The van der Waals surface area contributed by atoms with Gasteiger partial charge in [-0.05, 0) is 24.1 Å². The van der Waals surface area contributed by atoms with Crippen molar-refractivity contribution in [2.75, 3.05) is 7.11 Å². The fourth-order valence-corrected chi connectivity index (χ4v) is 2.15. The molecule has 1 unspecified atom stereocenters. The summed E-state index contributed by atoms with van der Waals surface area (Å²) >= 11 is 0. The molecule has 22 heavy (non-hydrogen) atoms. The topological polar surface area (TPSA) is 94.9 Å². The second-order valence-corrected chi connectivity index (χ2v) is 5.59. The van der Waals surface area contributed by atoms with E-state index in [4.69, 9.17) is 20.9 Å². The zero-order valence-electron chi connectivity index (χ0n) is 13.5. The van der Waals surface area contributed by atoms with Gasteiger partial charge in [0.1, 0.15) is 11.5 Å². The number of amidine groups is 1. The third-order valence-corrected chi connectivity index (χ3v) is 3.62. The molecule has 6 nitrogen and oxygen atoms in total. The van der Waals surface area contributed by atoms with Crippen molar-refractivity contribution >= 4 is 5.84 Å². The molecule has 1 atom stereocenters. The molecule has 1 aromatic rings. The molecular formula is C16H24N4O2. The summed E-state index contributed by atoms with van der Waals surface area (Å²) in [5.74, 6) is 1.68. The van der Waals surface area contributed by atoms with Crippen molar-refractivity contribution in [1.82, 2.24) is 5.32 Å². The van der Waals surface area contributed by atoms with Gasteiger partial charge in [-0.3, -0.25) is 5.73 Å². The number of nitrogens with zero attached hydrogens (tertiary/aromatic N) is 1. The molecule has 0 bridgehead atoms. The number of hydrogen-bond donors (Lipinski definition) is 3. The highest BCUT2D eigenvalue weighted by molar-refractivity contribution is 5.96. The average Bonchev–Trinajstić information content (AvgIpc) is 2.50. The van der Waals surface area contributed by atoms with E-state index in [0.29, 0.717) is 12.2 Å². The predicted molar refractivity (Wildman–Crippen MR) is 87.8 cm³/mol. The molecule has 0 amide bonds. The number of aliphatic imine (C=N–C) groups is 1. The zero-order chi connectivity index (χ0) is 16.3. The standard InChI is InChI=1S/C16H24N4O2/c1-5-16(18)19-9-14(15(17)20-16)22-13-7-6-11(21-4)8-12(13)10(2)3/h6-10,19H,5,18H2,1-4H3,(H2,17,20). The van der Waals surface area contributed by atoms with Crippen molar-refractivity contribution in [2.24, 2.45) is 16.5 Å². The number of ether oxygens (including phenoxy) is 2. The normalized spacial score (nSPS) is 21.0. The first-order chi connectivity index (χ1) is 10.4. The van der Waals surface area contributed by atoms with E-state index in [1.54, 1.807) is 13.3 Å². The fourth-order valence-electron chi connectivity index (χ4n) is 2.15. The lowest BCUT2D eigenvalue weighted by molar-refractivity contribution is 0.354. The first-order valence-corrected chi connectivity index (χ1v) is 7.36. The molecule has 1 aliphatic rings. The Labute approximate surface area is 131 Å². The van der Waals surface area contributed by atoms with Crippen molar-refractivity contribution in [2.45, 2.75) is 38.9 Å². The summed E-state index contributed by atoms with van der Waals surface area (Å²) in [6.45, 7) is 6.12. The van der Waals surface area contributed by atoms with Crippen LogP contribution >= 0.6 is 0 Å². The Kier molecular flexibility index (Phi) is 4.61. The van der Waals surface area contributed by atoms with Crippen LogP contribution in [0.15, 0.2) is 35.2 Å². The maximum absolute atomic E-state index is 6.03. The molecule has 6 heteroatoms. The van der Waals surface area contributed by atoms with Crippen LogP contribution in [0.2, 0.25) is 0 Å². The Morgan fingerprint density at radius 2 is 2.09 bits per heavy atom. The summed E-state index contributed by atoms with van der Waals surface area (Å²) in [5.41, 5.74) is 13.0. The van der Waals surface area contributed by atoms with Crippen molar-refractivity contribution in [3.8, 4) is 11.5 Å². The molecule has 120 valence electrons. The molecule has 0 saturated carbocycles. The van der Waals surface area contributed by atoms with Crippen LogP contribution < -0.4 is 26.3 Å². The van der Waals surface area contributed by atoms with Gasteiger partial charge in [0, 0.05) is 18.2 Å². The van der Waals surface area contributed by atoms with Crippen LogP contribution in [0, 0.1) is 0 Å². The molecule has 2 rings (SSSR count). The molecule has 0 saturated heterocycles. The lowest BCUT2D eigenvalue weighted by Crippen LogP contribution is -2.53. The fraction of sp³-hybridized carbons (Fsp3) is 0.438. The van der Waals surface area contributed by atoms with Crippen LogP contribution in [0.25, 0.3) is 0 Å². The van der Waals surface area contributed by atoms with E-state index in [1.807, 2.05) is 25.1 Å². The van der Waals surface area contributed by atoms with Gasteiger partial charge >= 0.3 is 0 Å². The van der Waals surface area contributed by atoms with Crippen molar-refractivity contribution in [3.63, 3.8) is 0 Å². The Morgan fingerprint density at radius 3 is 2.64 bits per heavy atom. The van der Waals surface area contributed by atoms with Gasteiger partial charge < -0.3 is 20.5 Å². The van der Waals surface area contributed by atoms with Crippen LogP contribution in [0.5, 0.6) is 11.5 Å². The summed E-state index contributed by atoms with van der Waals surface area (Å²) in [6.07, 6.45) is 2.29. The molecule has 1 heterocycles. The lowest BCUT2D eigenvalue weighted by atomic mass is 10.0. The highest BCUT2D eigenvalue weighted by Gasteiger charge is 2.26. The number of nitrogens with one attached hydrogen (secondary N) is 1. The van der Waals surface area contributed by atoms with Crippen LogP contribution in [0.4, 0.5) is 0 Å². The number of nitrogens with two attached hydrogens (primary N) is 2.